The van der Waals surface area contributed by atoms with Gasteiger partial charge >= 0.3 is 6.03 Å². The summed E-state index contributed by atoms with van der Waals surface area (Å²) in [7, 11) is 0. The van der Waals surface area contributed by atoms with Crippen LogP contribution >= 0.6 is 0 Å². The molecular formula is C23H13N2O8-. The molecule has 3 aromatic rings. The fourth-order valence-corrected chi connectivity index (χ4v) is 3.51. The van der Waals surface area contributed by atoms with Crippen molar-refractivity contribution in [1.29, 1.82) is 0 Å². The second-order valence-electron chi connectivity index (χ2n) is 7.03. The van der Waals surface area contributed by atoms with Crippen molar-refractivity contribution in [3.05, 3.63) is 71.5 Å². The second kappa shape index (κ2) is 7.68. The first-order valence-electron chi connectivity index (χ1n) is 9.64. The van der Waals surface area contributed by atoms with Gasteiger partial charge in [-0.2, -0.15) is 0 Å². The standard InChI is InChI=1S/C23H14N2O8/c26-20-16(10-13-6-8-17(33-13)14-3-1-2-4-15(14)22(28)29)21(27)25(23(30)24-20)12-5-7-18-19(9-12)32-11-31-18/h1-10H,11H2,(H,28,29)(H,24,26,30)/p-1/b16-10-. The first-order chi connectivity index (χ1) is 15.9. The number of carbonyl (C=O) groups is 4. The number of nitrogens with one attached hydrogen (secondary N) is 1. The van der Waals surface area contributed by atoms with Gasteiger partial charge in [-0.25, -0.2) is 9.69 Å². The molecule has 0 saturated carbocycles. The number of hydrogen-bond donors (Lipinski definition) is 1. The zero-order valence-corrected chi connectivity index (χ0v) is 16.7. The van der Waals surface area contributed by atoms with E-state index in [0.29, 0.717) is 11.5 Å². The van der Waals surface area contributed by atoms with E-state index in [4.69, 9.17) is 13.9 Å². The molecule has 0 radical (unpaired) electrons. The maximum atomic E-state index is 13.0. The summed E-state index contributed by atoms with van der Waals surface area (Å²) in [6.07, 6.45) is 1.18. The average molecular weight is 445 g/mol. The molecule has 1 N–H and O–H groups in total. The Morgan fingerprint density at radius 3 is 2.61 bits per heavy atom. The molecule has 2 aliphatic heterocycles. The number of carboxylic acid groups (broad SMARTS) is 1. The first-order valence-corrected chi connectivity index (χ1v) is 9.64. The Kier molecular flexibility index (Phi) is 4.67. The number of rotatable bonds is 4. The molecule has 33 heavy (non-hydrogen) atoms. The van der Waals surface area contributed by atoms with Gasteiger partial charge in [0.2, 0.25) is 6.79 Å². The Labute approximate surface area is 185 Å². The van der Waals surface area contributed by atoms with E-state index in [1.165, 1.54) is 36.4 Å². The SMILES string of the molecule is O=C1NC(=O)N(c2ccc3c(c2)OCO3)C(=O)/C1=C\c1ccc(-c2ccccc2C(=O)[O-])o1. The summed E-state index contributed by atoms with van der Waals surface area (Å²) in [6, 6.07) is 12.6. The molecule has 0 spiro atoms. The van der Waals surface area contributed by atoms with E-state index in [0.717, 1.165) is 4.90 Å². The van der Waals surface area contributed by atoms with Gasteiger partial charge in [-0.3, -0.25) is 14.9 Å². The lowest BCUT2D eigenvalue weighted by Crippen LogP contribution is -2.54. The molecule has 0 bridgehead atoms. The van der Waals surface area contributed by atoms with Gasteiger partial charge in [0.1, 0.15) is 17.1 Å². The van der Waals surface area contributed by atoms with Crippen LogP contribution in [0.5, 0.6) is 11.5 Å². The van der Waals surface area contributed by atoms with E-state index in [-0.39, 0.29) is 40.7 Å². The molecule has 0 atom stereocenters. The predicted octanol–water partition coefficient (Wildman–Crippen LogP) is 1.71. The van der Waals surface area contributed by atoms with Crippen LogP contribution in [0.4, 0.5) is 10.5 Å². The van der Waals surface area contributed by atoms with Crippen LogP contribution in [-0.4, -0.2) is 30.6 Å². The molecular weight excluding hydrogens is 432 g/mol. The lowest BCUT2D eigenvalue weighted by atomic mass is 10.1. The van der Waals surface area contributed by atoms with Crippen molar-refractivity contribution in [3.8, 4) is 22.8 Å². The van der Waals surface area contributed by atoms with Gasteiger partial charge in [-0.15, -0.1) is 0 Å². The van der Waals surface area contributed by atoms with E-state index >= 15 is 0 Å². The highest BCUT2D eigenvalue weighted by Gasteiger charge is 2.37. The van der Waals surface area contributed by atoms with E-state index < -0.39 is 23.8 Å². The number of ether oxygens (including phenoxy) is 2. The topological polar surface area (TPSA) is 138 Å². The highest BCUT2D eigenvalue weighted by atomic mass is 16.7. The number of furan rings is 1. The molecule has 2 aliphatic rings. The lowest BCUT2D eigenvalue weighted by molar-refractivity contribution is -0.255. The molecule has 4 amide bonds. The highest BCUT2D eigenvalue weighted by molar-refractivity contribution is 6.39. The van der Waals surface area contributed by atoms with Crippen LogP contribution in [0.3, 0.4) is 0 Å². The monoisotopic (exact) mass is 445 g/mol. The molecule has 1 fully saturated rings. The van der Waals surface area contributed by atoms with Crippen LogP contribution in [0.1, 0.15) is 16.1 Å². The molecule has 10 nitrogen and oxygen atoms in total. The number of imide groups is 2. The minimum atomic E-state index is -1.37. The first kappa shape index (κ1) is 20.1. The second-order valence-corrected chi connectivity index (χ2v) is 7.03. The predicted molar refractivity (Wildman–Crippen MR) is 110 cm³/mol. The zero-order chi connectivity index (χ0) is 23.1. The molecule has 164 valence electrons. The number of carboxylic acids is 1. The molecule has 2 aromatic carbocycles. The molecule has 5 rings (SSSR count). The Bertz CT molecular complexity index is 1370. The fourth-order valence-electron chi connectivity index (χ4n) is 3.51. The maximum absolute atomic E-state index is 13.0. The average Bonchev–Trinajstić information content (AvgIpc) is 3.45. The number of barbiturate groups is 1. The lowest BCUT2D eigenvalue weighted by Gasteiger charge is -2.26. The van der Waals surface area contributed by atoms with Gasteiger partial charge in [0.25, 0.3) is 11.8 Å². The highest BCUT2D eigenvalue weighted by Crippen LogP contribution is 2.36. The van der Waals surface area contributed by atoms with Gasteiger partial charge in [0, 0.05) is 17.2 Å². The van der Waals surface area contributed by atoms with Crippen LogP contribution in [-0.2, 0) is 9.59 Å². The Morgan fingerprint density at radius 2 is 1.79 bits per heavy atom. The van der Waals surface area contributed by atoms with E-state index in [1.807, 2.05) is 0 Å². The summed E-state index contributed by atoms with van der Waals surface area (Å²) in [6.45, 7) is 0.0183. The number of aromatic carboxylic acids is 1. The molecule has 0 aliphatic carbocycles. The number of carbonyl (C=O) groups excluding carboxylic acids is 4. The van der Waals surface area contributed by atoms with Crippen LogP contribution in [0.15, 0.2) is 64.6 Å². The number of hydrogen-bond acceptors (Lipinski definition) is 8. The summed E-state index contributed by atoms with van der Waals surface area (Å²) in [5.74, 6) is -1.99. The van der Waals surface area contributed by atoms with Gasteiger partial charge in [0.05, 0.1) is 11.7 Å². The molecule has 1 aromatic heterocycles. The summed E-state index contributed by atoms with van der Waals surface area (Å²) < 4.78 is 16.2. The third-order valence-corrected chi connectivity index (χ3v) is 5.04. The summed E-state index contributed by atoms with van der Waals surface area (Å²) in [4.78, 5) is 50.0. The maximum Gasteiger partial charge on any atom is 0.335 e. The smallest absolute Gasteiger partial charge is 0.335 e. The number of urea groups is 1. The van der Waals surface area contributed by atoms with Gasteiger partial charge in [0.15, 0.2) is 11.5 Å². The van der Waals surface area contributed by atoms with Gasteiger partial charge in [-0.05, 0) is 30.3 Å². The van der Waals surface area contributed by atoms with Crippen LogP contribution < -0.4 is 24.8 Å². The van der Waals surface area contributed by atoms with Crippen molar-refractivity contribution < 1.29 is 38.2 Å². The van der Waals surface area contributed by atoms with Crippen molar-refractivity contribution in [1.82, 2.24) is 5.32 Å². The molecule has 3 heterocycles. The summed E-state index contributed by atoms with van der Waals surface area (Å²) in [5, 5.41) is 13.5. The molecule has 10 heteroatoms. The van der Waals surface area contributed by atoms with E-state index in [9.17, 15) is 24.3 Å². The third kappa shape index (κ3) is 3.49. The quantitative estimate of drug-likeness (QED) is 0.473. The fraction of sp³-hybridized carbons (Fsp3) is 0.0435. The summed E-state index contributed by atoms with van der Waals surface area (Å²) >= 11 is 0. The van der Waals surface area contributed by atoms with Crippen molar-refractivity contribution in [2.45, 2.75) is 0 Å². The van der Waals surface area contributed by atoms with E-state index in [2.05, 4.69) is 5.32 Å². The summed E-state index contributed by atoms with van der Waals surface area (Å²) in [5.41, 5.74) is 0.0420. The zero-order valence-electron chi connectivity index (χ0n) is 16.7. The Morgan fingerprint density at radius 1 is 1.00 bits per heavy atom. The molecule has 1 saturated heterocycles. The van der Waals surface area contributed by atoms with Crippen LogP contribution in [0.2, 0.25) is 0 Å². The molecule has 0 unspecified atom stereocenters. The number of fused-ring (bicyclic) bond motifs is 1. The van der Waals surface area contributed by atoms with Crippen LogP contribution in [0.25, 0.3) is 17.4 Å². The van der Waals surface area contributed by atoms with Crippen molar-refractivity contribution in [2.75, 3.05) is 11.7 Å². The third-order valence-electron chi connectivity index (χ3n) is 5.04. The van der Waals surface area contributed by atoms with Crippen molar-refractivity contribution in [2.24, 2.45) is 0 Å². The minimum Gasteiger partial charge on any atom is -0.545 e. The number of nitrogens with zero attached hydrogens (tertiary/aromatic N) is 1. The van der Waals surface area contributed by atoms with E-state index in [1.54, 1.807) is 24.3 Å². The number of benzene rings is 2. The normalized spacial score (nSPS) is 16.3. The van der Waals surface area contributed by atoms with Crippen molar-refractivity contribution >= 4 is 35.6 Å². The number of amides is 4. The largest absolute Gasteiger partial charge is 0.545 e. The minimum absolute atomic E-state index is 0.0183. The van der Waals surface area contributed by atoms with Gasteiger partial charge < -0.3 is 23.8 Å². The Hall–Kier alpha value is -4.86. The number of anilines is 1. The van der Waals surface area contributed by atoms with Crippen molar-refractivity contribution in [3.63, 3.8) is 0 Å². The Balaban J connectivity index is 1.49. The van der Waals surface area contributed by atoms with Crippen LogP contribution in [0, 0.1) is 0 Å². The van der Waals surface area contributed by atoms with Gasteiger partial charge in [-0.1, -0.05) is 24.3 Å².